The van der Waals surface area contributed by atoms with E-state index in [9.17, 15) is 18.0 Å². The molecule has 2 aromatic rings. The Labute approximate surface area is 189 Å². The normalized spacial score (nSPS) is 22.5. The van der Waals surface area contributed by atoms with Crippen LogP contribution in [0.25, 0.3) is 11.1 Å². The summed E-state index contributed by atoms with van der Waals surface area (Å²) < 4.78 is 62.0. The lowest BCUT2D eigenvalue weighted by molar-refractivity contribution is -0.136. The first-order valence-electron chi connectivity index (χ1n) is 10.8. The molecule has 2 aliphatic rings. The van der Waals surface area contributed by atoms with Gasteiger partial charge >= 0.3 is 0 Å². The molecular formula is C24H26F4N2OS. The van der Waals surface area contributed by atoms with E-state index in [1.165, 1.54) is 47.2 Å². The molecule has 4 rings (SSSR count). The predicted octanol–water partition coefficient (Wildman–Crippen LogP) is 5.45. The highest BCUT2D eigenvalue weighted by molar-refractivity contribution is 7.98. The van der Waals surface area contributed by atoms with Gasteiger partial charge in [-0.25, -0.2) is 17.6 Å². The topological polar surface area (TPSA) is 32.3 Å². The lowest BCUT2D eigenvalue weighted by Gasteiger charge is -2.29. The van der Waals surface area contributed by atoms with E-state index in [2.05, 4.69) is 4.72 Å². The van der Waals surface area contributed by atoms with Crippen molar-refractivity contribution >= 4 is 17.9 Å². The Kier molecular flexibility index (Phi) is 6.54. The van der Waals surface area contributed by atoms with Crippen molar-refractivity contribution in [3.05, 3.63) is 59.7 Å². The first-order chi connectivity index (χ1) is 15.2. The molecule has 1 N–H and O–H groups in total. The molecule has 2 aromatic carbocycles. The van der Waals surface area contributed by atoms with E-state index in [4.69, 9.17) is 0 Å². The Balaban J connectivity index is 1.67. The van der Waals surface area contributed by atoms with Crippen molar-refractivity contribution in [2.24, 2.45) is 5.92 Å². The number of hydrogen-bond donors (Lipinski definition) is 1. The van der Waals surface area contributed by atoms with Gasteiger partial charge in [0.25, 0.3) is 5.92 Å². The molecular weight excluding hydrogens is 440 g/mol. The van der Waals surface area contributed by atoms with Crippen molar-refractivity contribution in [1.82, 2.24) is 9.62 Å². The van der Waals surface area contributed by atoms with Crippen molar-refractivity contribution in [2.75, 3.05) is 6.54 Å². The van der Waals surface area contributed by atoms with Crippen LogP contribution in [0.2, 0.25) is 0 Å². The van der Waals surface area contributed by atoms with Crippen LogP contribution in [-0.4, -0.2) is 40.6 Å². The van der Waals surface area contributed by atoms with Crippen LogP contribution in [0.1, 0.15) is 32.3 Å². The molecule has 1 amide bonds. The van der Waals surface area contributed by atoms with E-state index in [-0.39, 0.29) is 23.5 Å². The minimum atomic E-state index is -3.13. The lowest BCUT2D eigenvalue weighted by atomic mass is 9.95. The van der Waals surface area contributed by atoms with Crippen LogP contribution in [0.5, 0.6) is 0 Å². The largest absolute Gasteiger partial charge is 0.331 e. The standard InChI is InChI=1S/C24H26F4N2OS/c1-14(2)23(31)30-13-24(27,28)22(29-32-18-9-10-18)20(30)12-16-6-4-8-19(21(16)26)15-5-3-7-17(25)11-15/h3-8,11,14,18,20,22,29H,9-10,12-13H2,1-2H3. The second-order valence-electron chi connectivity index (χ2n) is 8.86. The molecule has 1 aliphatic carbocycles. The van der Waals surface area contributed by atoms with Crippen molar-refractivity contribution in [3.8, 4) is 11.1 Å². The number of nitrogens with zero attached hydrogens (tertiary/aromatic N) is 1. The minimum absolute atomic E-state index is 0.0636. The first-order valence-corrected chi connectivity index (χ1v) is 11.7. The van der Waals surface area contributed by atoms with Gasteiger partial charge in [-0.3, -0.25) is 9.52 Å². The Morgan fingerprint density at radius 3 is 2.56 bits per heavy atom. The van der Waals surface area contributed by atoms with E-state index in [0.717, 1.165) is 12.8 Å². The number of likely N-dealkylation sites (tertiary alicyclic amines) is 1. The SMILES string of the molecule is CC(C)C(=O)N1CC(F)(F)C(NSC2CC2)C1Cc1cccc(-c2cccc(F)c2)c1F. The van der Waals surface area contributed by atoms with E-state index >= 15 is 4.39 Å². The fourth-order valence-electron chi connectivity index (χ4n) is 4.07. The molecule has 2 fully saturated rings. The van der Waals surface area contributed by atoms with Gasteiger partial charge in [0.05, 0.1) is 12.6 Å². The smallest absolute Gasteiger partial charge is 0.283 e. The molecule has 8 heteroatoms. The van der Waals surface area contributed by atoms with E-state index in [1.54, 1.807) is 26.0 Å². The molecule has 1 saturated heterocycles. The van der Waals surface area contributed by atoms with Crippen LogP contribution in [0.4, 0.5) is 17.6 Å². The molecule has 1 heterocycles. The Bertz CT molecular complexity index is 996. The predicted molar refractivity (Wildman–Crippen MR) is 118 cm³/mol. The lowest BCUT2D eigenvalue weighted by Crippen LogP contribution is -2.48. The molecule has 2 unspecified atom stereocenters. The summed E-state index contributed by atoms with van der Waals surface area (Å²) in [4.78, 5) is 14.0. The quantitative estimate of drug-likeness (QED) is 0.435. The first kappa shape index (κ1) is 23.1. The fourth-order valence-corrected chi connectivity index (χ4v) is 5.11. The summed E-state index contributed by atoms with van der Waals surface area (Å²) in [5, 5.41) is 0.300. The number of benzene rings is 2. The van der Waals surface area contributed by atoms with Crippen LogP contribution in [0.3, 0.4) is 0 Å². The van der Waals surface area contributed by atoms with Gasteiger partial charge < -0.3 is 4.90 Å². The van der Waals surface area contributed by atoms with Crippen LogP contribution in [0.15, 0.2) is 42.5 Å². The zero-order valence-corrected chi connectivity index (χ0v) is 18.8. The summed E-state index contributed by atoms with van der Waals surface area (Å²) >= 11 is 1.28. The average Bonchev–Trinajstić information content (AvgIpc) is 3.52. The number of alkyl halides is 2. The number of amides is 1. The van der Waals surface area contributed by atoms with Crippen molar-refractivity contribution in [1.29, 1.82) is 0 Å². The molecule has 3 nitrogen and oxygen atoms in total. The van der Waals surface area contributed by atoms with Crippen LogP contribution in [-0.2, 0) is 11.2 Å². The molecule has 32 heavy (non-hydrogen) atoms. The average molecular weight is 467 g/mol. The third-order valence-corrected chi connectivity index (χ3v) is 7.12. The van der Waals surface area contributed by atoms with Gasteiger partial charge in [-0.2, -0.15) is 0 Å². The molecule has 0 aromatic heterocycles. The Hall–Kier alpha value is -2.06. The fraction of sp³-hybridized carbons (Fsp3) is 0.458. The molecule has 1 saturated carbocycles. The summed E-state index contributed by atoms with van der Waals surface area (Å²) in [5.41, 5.74) is 0.791. The Morgan fingerprint density at radius 2 is 1.91 bits per heavy atom. The minimum Gasteiger partial charge on any atom is -0.331 e. The van der Waals surface area contributed by atoms with Gasteiger partial charge in [0.2, 0.25) is 5.91 Å². The van der Waals surface area contributed by atoms with E-state index in [1.807, 2.05) is 0 Å². The molecule has 0 radical (unpaired) electrons. The second kappa shape index (κ2) is 9.06. The van der Waals surface area contributed by atoms with Gasteiger partial charge in [-0.05, 0) is 42.5 Å². The van der Waals surface area contributed by atoms with Crippen molar-refractivity contribution in [2.45, 2.75) is 56.4 Å². The van der Waals surface area contributed by atoms with Gasteiger partial charge in [0, 0.05) is 16.7 Å². The van der Waals surface area contributed by atoms with Crippen molar-refractivity contribution < 1.29 is 22.4 Å². The third-order valence-electron chi connectivity index (χ3n) is 5.93. The zero-order valence-electron chi connectivity index (χ0n) is 18.0. The number of carbonyl (C=O) groups excluding carboxylic acids is 1. The highest BCUT2D eigenvalue weighted by Crippen LogP contribution is 2.40. The van der Waals surface area contributed by atoms with Gasteiger partial charge in [0.15, 0.2) is 0 Å². The van der Waals surface area contributed by atoms with Gasteiger partial charge in [-0.15, -0.1) is 0 Å². The summed E-state index contributed by atoms with van der Waals surface area (Å²) in [6.07, 6.45) is 1.88. The van der Waals surface area contributed by atoms with E-state index in [0.29, 0.717) is 10.8 Å². The van der Waals surface area contributed by atoms with Gasteiger partial charge in [-0.1, -0.05) is 56.1 Å². The van der Waals surface area contributed by atoms with Crippen molar-refractivity contribution in [3.63, 3.8) is 0 Å². The number of carbonyl (C=O) groups is 1. The van der Waals surface area contributed by atoms with Crippen LogP contribution >= 0.6 is 11.9 Å². The summed E-state index contributed by atoms with van der Waals surface area (Å²) in [6, 6.07) is 8.11. The summed E-state index contributed by atoms with van der Waals surface area (Å²) in [7, 11) is 0. The molecule has 0 spiro atoms. The molecule has 1 aliphatic heterocycles. The number of halogens is 4. The summed E-state index contributed by atoms with van der Waals surface area (Å²) in [5.74, 6) is -5.03. The molecule has 2 atom stereocenters. The maximum absolute atomic E-state index is 15.4. The highest BCUT2D eigenvalue weighted by Gasteiger charge is 2.56. The molecule has 0 bridgehead atoms. The number of hydrogen-bond acceptors (Lipinski definition) is 3. The maximum Gasteiger partial charge on any atom is 0.283 e. The second-order valence-corrected chi connectivity index (χ2v) is 9.99. The number of nitrogens with one attached hydrogen (secondary N) is 1. The van der Waals surface area contributed by atoms with Gasteiger partial charge in [0.1, 0.15) is 17.7 Å². The molecule has 172 valence electrons. The highest BCUT2D eigenvalue weighted by atomic mass is 32.2. The summed E-state index contributed by atoms with van der Waals surface area (Å²) in [6.45, 7) is 2.65. The van der Waals surface area contributed by atoms with Crippen LogP contribution in [0, 0.1) is 17.6 Å². The Morgan fingerprint density at radius 1 is 1.19 bits per heavy atom. The van der Waals surface area contributed by atoms with Crippen LogP contribution < -0.4 is 4.72 Å². The monoisotopic (exact) mass is 466 g/mol. The van der Waals surface area contributed by atoms with E-state index < -0.39 is 42.1 Å². The third kappa shape index (κ3) is 4.81. The zero-order chi connectivity index (χ0) is 23.0. The maximum atomic E-state index is 15.4. The number of rotatable bonds is 7.